The second kappa shape index (κ2) is 15.8. The number of rotatable bonds is 13. The number of amides is 2. The molecule has 0 radical (unpaired) electrons. The van der Waals surface area contributed by atoms with Gasteiger partial charge in [-0.25, -0.2) is 4.79 Å². The maximum atomic E-state index is 14.2. The number of nitrogen functional groups attached to an aromatic ring is 1. The first kappa shape index (κ1) is 33.6. The summed E-state index contributed by atoms with van der Waals surface area (Å²) in [4.78, 5) is 56.8. The number of pyridine rings is 1. The summed E-state index contributed by atoms with van der Waals surface area (Å²) in [6.07, 6.45) is 6.01. The third-order valence-electron chi connectivity index (χ3n) is 7.21. The SMILES string of the molecule is C=CCON=C(C(=O)NC1C(=O)N2C(C(=O)OC(c3ccccc3)c3ccccc3)=C(S/C=C\c3cccnc3)CS[C@H]12)c1nsc(N)n1. The van der Waals surface area contributed by atoms with Crippen molar-refractivity contribution in [2.45, 2.75) is 17.5 Å². The van der Waals surface area contributed by atoms with Gasteiger partial charge in [-0.3, -0.25) is 19.5 Å². The van der Waals surface area contributed by atoms with Crippen LogP contribution in [-0.2, 0) is 24.0 Å². The standard InChI is InChI=1S/C34H29N7O5S3/c1-2-17-45-39-25(29-38-34(35)49-40-29)30(42)37-26-31(43)41-27(24(20-48-32(26)41)47-18-15-21-10-9-16-36-19-21)33(44)46-28(22-11-5-3-6-12-22)23-13-7-4-8-14-23/h2-16,18-19,26,28,32H,1,17,20H2,(H,37,42)(H2,35,38,40)/b18-15-,39-25?/t26?,32-/m1/s1. The third-order valence-corrected chi connectivity index (χ3v) is 10.1. The lowest BCUT2D eigenvalue weighted by molar-refractivity contribution is -0.154. The largest absolute Gasteiger partial charge is 0.448 e. The zero-order valence-electron chi connectivity index (χ0n) is 25.7. The minimum Gasteiger partial charge on any atom is -0.448 e. The van der Waals surface area contributed by atoms with Crippen molar-refractivity contribution in [3.8, 4) is 0 Å². The number of anilines is 1. The number of thioether (sulfide) groups is 2. The lowest BCUT2D eigenvalue weighted by Gasteiger charge is -2.49. The lowest BCUT2D eigenvalue weighted by atomic mass is 10.0. The predicted molar refractivity (Wildman–Crippen MR) is 191 cm³/mol. The Balaban J connectivity index is 1.28. The van der Waals surface area contributed by atoms with Gasteiger partial charge in [-0.2, -0.15) is 9.36 Å². The van der Waals surface area contributed by atoms with E-state index in [9.17, 15) is 14.4 Å². The fourth-order valence-electron chi connectivity index (χ4n) is 4.97. The number of esters is 1. The molecule has 2 aliphatic heterocycles. The Kier molecular flexibility index (Phi) is 10.8. The monoisotopic (exact) mass is 711 g/mol. The Morgan fingerprint density at radius 2 is 1.86 bits per heavy atom. The number of carbonyl (C=O) groups excluding carboxylic acids is 3. The Morgan fingerprint density at radius 1 is 1.12 bits per heavy atom. The zero-order chi connectivity index (χ0) is 34.2. The number of fused-ring (bicyclic) bond motifs is 1. The van der Waals surface area contributed by atoms with E-state index >= 15 is 0 Å². The van der Waals surface area contributed by atoms with E-state index in [2.05, 4.69) is 31.4 Å². The molecule has 49 heavy (non-hydrogen) atoms. The number of nitrogens with zero attached hydrogens (tertiary/aromatic N) is 5. The average Bonchev–Trinajstić information content (AvgIpc) is 3.57. The minimum absolute atomic E-state index is 0.0317. The molecule has 1 unspecified atom stereocenters. The number of hydrogen-bond donors (Lipinski definition) is 2. The maximum absolute atomic E-state index is 14.2. The number of hydrogen-bond acceptors (Lipinski definition) is 13. The molecule has 2 aromatic heterocycles. The number of ether oxygens (including phenoxy) is 1. The van der Waals surface area contributed by atoms with Gasteiger partial charge in [-0.1, -0.05) is 96.3 Å². The van der Waals surface area contributed by atoms with Crippen LogP contribution < -0.4 is 11.1 Å². The first-order valence-corrected chi connectivity index (χ1v) is 17.6. The smallest absolute Gasteiger partial charge is 0.356 e. The number of carbonyl (C=O) groups is 3. The van der Waals surface area contributed by atoms with Gasteiger partial charge in [0.05, 0.1) is 0 Å². The van der Waals surface area contributed by atoms with E-state index < -0.39 is 35.3 Å². The van der Waals surface area contributed by atoms with Gasteiger partial charge in [0.25, 0.3) is 11.8 Å². The summed E-state index contributed by atoms with van der Waals surface area (Å²) in [6.45, 7) is 3.60. The molecule has 1 fully saturated rings. The van der Waals surface area contributed by atoms with E-state index in [1.807, 2.05) is 84.3 Å². The number of nitrogens with one attached hydrogen (secondary N) is 1. The summed E-state index contributed by atoms with van der Waals surface area (Å²) < 4.78 is 10.3. The van der Waals surface area contributed by atoms with Crippen LogP contribution in [0.4, 0.5) is 5.13 Å². The van der Waals surface area contributed by atoms with Gasteiger partial charge < -0.3 is 20.6 Å². The van der Waals surface area contributed by atoms with Gasteiger partial charge in [0.2, 0.25) is 11.5 Å². The van der Waals surface area contributed by atoms with E-state index in [-0.39, 0.29) is 29.0 Å². The Hall–Kier alpha value is -5.25. The number of aromatic nitrogens is 3. The van der Waals surface area contributed by atoms with Crippen LogP contribution in [0.5, 0.6) is 0 Å². The van der Waals surface area contributed by atoms with Crippen LogP contribution in [0, 0.1) is 0 Å². The molecule has 2 amide bonds. The minimum atomic E-state index is -0.975. The number of oxime groups is 1. The quantitative estimate of drug-likeness (QED) is 0.0491. The topological polar surface area (TPSA) is 162 Å². The molecule has 1 saturated heterocycles. The van der Waals surface area contributed by atoms with E-state index in [0.717, 1.165) is 28.2 Å². The normalized spacial score (nSPS) is 17.4. The highest BCUT2D eigenvalue weighted by Crippen LogP contribution is 2.45. The maximum Gasteiger partial charge on any atom is 0.356 e. The van der Waals surface area contributed by atoms with Crippen molar-refractivity contribution in [3.63, 3.8) is 0 Å². The van der Waals surface area contributed by atoms with E-state index in [4.69, 9.17) is 15.3 Å². The summed E-state index contributed by atoms with van der Waals surface area (Å²) in [5.41, 5.74) is 8.03. The number of β-lactam (4-membered cyclic amide) rings is 1. The molecular weight excluding hydrogens is 683 g/mol. The highest BCUT2D eigenvalue weighted by molar-refractivity contribution is 8.08. The fraction of sp³-hybridized carbons (Fsp3) is 0.147. The van der Waals surface area contributed by atoms with Gasteiger partial charge in [-0.05, 0) is 34.2 Å². The van der Waals surface area contributed by atoms with Crippen molar-refractivity contribution >= 4 is 69.8 Å². The molecule has 0 aliphatic carbocycles. The number of nitrogens with two attached hydrogens (primary N) is 1. The molecule has 4 aromatic rings. The first-order valence-electron chi connectivity index (χ1n) is 14.9. The van der Waals surface area contributed by atoms with Crippen molar-refractivity contribution in [2.75, 3.05) is 18.1 Å². The van der Waals surface area contributed by atoms with Crippen molar-refractivity contribution in [1.29, 1.82) is 0 Å². The highest BCUT2D eigenvalue weighted by Gasteiger charge is 2.55. The molecular formula is C34H29N7O5S3. The first-order chi connectivity index (χ1) is 23.9. The van der Waals surface area contributed by atoms with E-state index in [1.54, 1.807) is 12.4 Å². The molecule has 6 rings (SSSR count). The van der Waals surface area contributed by atoms with Crippen LogP contribution in [0.3, 0.4) is 0 Å². The van der Waals surface area contributed by atoms with E-state index in [0.29, 0.717) is 10.7 Å². The zero-order valence-corrected chi connectivity index (χ0v) is 28.2. The molecule has 12 nitrogen and oxygen atoms in total. The van der Waals surface area contributed by atoms with Crippen LogP contribution in [0.2, 0.25) is 0 Å². The second-order valence-corrected chi connectivity index (χ2v) is 13.3. The lowest BCUT2D eigenvalue weighted by Crippen LogP contribution is -2.71. The summed E-state index contributed by atoms with van der Waals surface area (Å²) in [5.74, 6) is -1.55. The molecule has 4 heterocycles. The highest BCUT2D eigenvalue weighted by atomic mass is 32.2. The van der Waals surface area contributed by atoms with Crippen molar-refractivity contribution in [3.05, 3.63) is 136 Å². The number of benzene rings is 2. The van der Waals surface area contributed by atoms with Gasteiger partial charge in [0.15, 0.2) is 11.2 Å². The van der Waals surface area contributed by atoms with Crippen LogP contribution >= 0.6 is 35.1 Å². The fourth-order valence-corrected chi connectivity index (χ4v) is 7.75. The molecule has 0 spiro atoms. The molecule has 0 saturated carbocycles. The van der Waals surface area contributed by atoms with Gasteiger partial charge >= 0.3 is 5.97 Å². The molecule has 2 aliphatic rings. The van der Waals surface area contributed by atoms with Crippen LogP contribution in [0.15, 0.2) is 119 Å². The second-order valence-electron chi connectivity index (χ2n) is 10.4. The van der Waals surface area contributed by atoms with Crippen LogP contribution in [-0.4, -0.2) is 66.5 Å². The Morgan fingerprint density at radius 3 is 2.49 bits per heavy atom. The summed E-state index contributed by atoms with van der Waals surface area (Å²) in [5, 5.41) is 7.97. The van der Waals surface area contributed by atoms with Crippen molar-refractivity contribution in [2.24, 2.45) is 5.16 Å². The summed E-state index contributed by atoms with van der Waals surface area (Å²) >= 11 is 3.62. The average molecular weight is 712 g/mol. The molecule has 2 atom stereocenters. The van der Waals surface area contributed by atoms with E-state index in [1.165, 1.54) is 34.5 Å². The molecule has 0 bridgehead atoms. The summed E-state index contributed by atoms with van der Waals surface area (Å²) in [7, 11) is 0. The van der Waals surface area contributed by atoms with Gasteiger partial charge in [0.1, 0.15) is 23.7 Å². The van der Waals surface area contributed by atoms with Gasteiger partial charge in [0, 0.05) is 34.6 Å². The molecule has 3 N–H and O–H groups in total. The predicted octanol–water partition coefficient (Wildman–Crippen LogP) is 4.77. The van der Waals surface area contributed by atoms with Gasteiger partial charge in [-0.15, -0.1) is 11.8 Å². The van der Waals surface area contributed by atoms with Crippen molar-refractivity contribution < 1.29 is 24.0 Å². The van der Waals surface area contributed by atoms with Crippen LogP contribution in [0.25, 0.3) is 6.08 Å². The van der Waals surface area contributed by atoms with Crippen molar-refractivity contribution in [1.82, 2.24) is 24.6 Å². The van der Waals surface area contributed by atoms with Crippen LogP contribution in [0.1, 0.15) is 28.6 Å². The summed E-state index contributed by atoms with van der Waals surface area (Å²) in [6, 6.07) is 21.6. The third kappa shape index (κ3) is 7.74. The molecule has 15 heteroatoms. The Labute approximate surface area is 294 Å². The molecule has 2 aromatic carbocycles. The molecule has 248 valence electrons. The Bertz CT molecular complexity index is 1880.